The molecular formula is C14H20N2O5. The Hall–Kier alpha value is -2.15. The van der Waals surface area contributed by atoms with Crippen LogP contribution in [0.4, 0.5) is 0 Å². The van der Waals surface area contributed by atoms with E-state index in [1.54, 1.807) is 6.07 Å². The summed E-state index contributed by atoms with van der Waals surface area (Å²) in [6, 6.07) is 1.54. The lowest BCUT2D eigenvalue weighted by molar-refractivity contribution is -0.140. The van der Waals surface area contributed by atoms with Crippen LogP contribution in [0.2, 0.25) is 0 Å². The molecule has 116 valence electrons. The fraction of sp³-hybridized carbons (Fsp3) is 0.500. The highest BCUT2D eigenvalue weighted by atomic mass is 16.5. The first-order valence-corrected chi connectivity index (χ1v) is 6.59. The summed E-state index contributed by atoms with van der Waals surface area (Å²) >= 11 is 0. The second-order valence-corrected chi connectivity index (χ2v) is 5.18. The van der Waals surface area contributed by atoms with Crippen LogP contribution in [-0.4, -0.2) is 41.7 Å². The maximum absolute atomic E-state index is 12.0. The zero-order chi connectivity index (χ0) is 16.0. The molecule has 0 bridgehead atoms. The molecule has 0 spiro atoms. The molecule has 0 fully saturated rings. The van der Waals surface area contributed by atoms with Gasteiger partial charge in [0.05, 0.1) is 6.61 Å². The molecule has 0 aliphatic rings. The predicted molar refractivity (Wildman–Crippen MR) is 76.4 cm³/mol. The van der Waals surface area contributed by atoms with Gasteiger partial charge < -0.3 is 20.1 Å². The maximum atomic E-state index is 12.0. The zero-order valence-corrected chi connectivity index (χ0v) is 12.3. The van der Waals surface area contributed by atoms with E-state index < -0.39 is 23.5 Å². The van der Waals surface area contributed by atoms with Crippen molar-refractivity contribution in [3.8, 4) is 0 Å². The Morgan fingerprint density at radius 1 is 1.38 bits per heavy atom. The Kier molecular flexibility index (Phi) is 6.10. The number of carbonyl (C=O) groups excluding carboxylic acids is 1. The van der Waals surface area contributed by atoms with Crippen LogP contribution >= 0.6 is 0 Å². The second-order valence-electron chi connectivity index (χ2n) is 5.18. The maximum Gasteiger partial charge on any atom is 0.328 e. The molecule has 7 heteroatoms. The second kappa shape index (κ2) is 7.58. The van der Waals surface area contributed by atoms with Gasteiger partial charge in [-0.3, -0.25) is 9.59 Å². The monoisotopic (exact) mass is 296 g/mol. The topological polar surface area (TPSA) is 108 Å². The average Bonchev–Trinajstić information content (AvgIpc) is 2.36. The molecule has 21 heavy (non-hydrogen) atoms. The molecular weight excluding hydrogens is 276 g/mol. The van der Waals surface area contributed by atoms with Crippen LogP contribution in [0, 0.1) is 5.92 Å². The van der Waals surface area contributed by atoms with Gasteiger partial charge in [0.15, 0.2) is 6.04 Å². The number of ether oxygens (including phenoxy) is 1. The summed E-state index contributed by atoms with van der Waals surface area (Å²) in [6.07, 6.45) is 0.622. The lowest BCUT2D eigenvalue weighted by atomic mass is 10.1. The standard InChI is InChI=1S/C14H20N2O5/c1-8(2)4-10-5-9(6-12(17)15-10)13(18)16-11(7-21-3)14(19)20/h5-6,8,11H,4,7H2,1-3H3,(H,15,17)(H,16,18)(H,19,20). The molecule has 1 amide bonds. The van der Waals surface area contributed by atoms with Crippen molar-refractivity contribution in [1.29, 1.82) is 0 Å². The number of aliphatic carboxylic acids is 1. The van der Waals surface area contributed by atoms with Gasteiger partial charge in [0.25, 0.3) is 5.91 Å². The number of hydrogen-bond acceptors (Lipinski definition) is 4. The Labute approximate surface area is 122 Å². The lowest BCUT2D eigenvalue weighted by Crippen LogP contribution is -2.44. The van der Waals surface area contributed by atoms with Gasteiger partial charge >= 0.3 is 5.97 Å². The van der Waals surface area contributed by atoms with E-state index in [0.717, 1.165) is 6.07 Å². The third kappa shape index (κ3) is 5.39. The van der Waals surface area contributed by atoms with Crippen molar-refractivity contribution in [3.05, 3.63) is 33.7 Å². The van der Waals surface area contributed by atoms with Crippen molar-refractivity contribution in [2.75, 3.05) is 13.7 Å². The normalized spacial score (nSPS) is 12.2. The van der Waals surface area contributed by atoms with E-state index in [1.807, 2.05) is 13.8 Å². The number of nitrogens with one attached hydrogen (secondary N) is 2. The van der Waals surface area contributed by atoms with Crippen molar-refractivity contribution >= 4 is 11.9 Å². The lowest BCUT2D eigenvalue weighted by Gasteiger charge is -2.14. The quantitative estimate of drug-likeness (QED) is 0.675. The summed E-state index contributed by atoms with van der Waals surface area (Å²) in [4.78, 5) is 37.2. The van der Waals surface area contributed by atoms with Crippen LogP contribution in [0.3, 0.4) is 0 Å². The van der Waals surface area contributed by atoms with Crippen LogP contribution in [-0.2, 0) is 16.0 Å². The number of rotatable bonds is 7. The number of H-pyrrole nitrogens is 1. The molecule has 1 unspecified atom stereocenters. The van der Waals surface area contributed by atoms with Gasteiger partial charge in [-0.2, -0.15) is 0 Å². The first-order valence-electron chi connectivity index (χ1n) is 6.59. The highest BCUT2D eigenvalue weighted by Crippen LogP contribution is 2.06. The summed E-state index contributed by atoms with van der Waals surface area (Å²) < 4.78 is 4.74. The molecule has 0 aromatic carbocycles. The van der Waals surface area contributed by atoms with E-state index in [0.29, 0.717) is 18.0 Å². The van der Waals surface area contributed by atoms with Crippen LogP contribution in [0.15, 0.2) is 16.9 Å². The highest BCUT2D eigenvalue weighted by molar-refractivity contribution is 5.96. The van der Waals surface area contributed by atoms with Gasteiger partial charge in [0.2, 0.25) is 5.56 Å². The summed E-state index contributed by atoms with van der Waals surface area (Å²) in [5.41, 5.74) is 0.384. The molecule has 0 radical (unpaired) electrons. The molecule has 0 saturated heterocycles. The molecule has 0 aliphatic carbocycles. The predicted octanol–water partition coefficient (Wildman–Crippen LogP) is 0.403. The molecule has 0 saturated carbocycles. The van der Waals surface area contributed by atoms with Crippen LogP contribution in [0.1, 0.15) is 29.9 Å². The van der Waals surface area contributed by atoms with Crippen LogP contribution in [0.25, 0.3) is 0 Å². The number of aromatic nitrogens is 1. The van der Waals surface area contributed by atoms with E-state index in [-0.39, 0.29) is 12.2 Å². The number of carboxylic acids is 1. The smallest absolute Gasteiger partial charge is 0.328 e. The molecule has 1 heterocycles. The fourth-order valence-electron chi connectivity index (χ4n) is 1.86. The third-order valence-electron chi connectivity index (χ3n) is 2.73. The SMILES string of the molecule is COCC(NC(=O)c1cc(CC(C)C)[nH]c(=O)c1)C(=O)O. The average molecular weight is 296 g/mol. The van der Waals surface area contributed by atoms with Gasteiger partial charge in [0, 0.05) is 24.4 Å². The molecule has 1 aromatic rings. The van der Waals surface area contributed by atoms with Gasteiger partial charge in [-0.15, -0.1) is 0 Å². The van der Waals surface area contributed by atoms with E-state index in [2.05, 4.69) is 10.3 Å². The van der Waals surface area contributed by atoms with Crippen LogP contribution in [0.5, 0.6) is 0 Å². The third-order valence-corrected chi connectivity index (χ3v) is 2.73. The van der Waals surface area contributed by atoms with Gasteiger partial charge in [-0.25, -0.2) is 4.79 Å². The van der Waals surface area contributed by atoms with Gasteiger partial charge in [-0.05, 0) is 18.4 Å². The Bertz CT molecular complexity index is 565. The highest BCUT2D eigenvalue weighted by Gasteiger charge is 2.21. The molecule has 1 aromatic heterocycles. The summed E-state index contributed by atoms with van der Waals surface area (Å²) in [7, 11) is 1.34. The minimum absolute atomic E-state index is 0.136. The molecule has 1 rings (SSSR count). The molecule has 0 aliphatic heterocycles. The van der Waals surface area contributed by atoms with Crippen molar-refractivity contribution in [3.63, 3.8) is 0 Å². The van der Waals surface area contributed by atoms with Gasteiger partial charge in [-0.1, -0.05) is 13.8 Å². The number of hydrogen-bond donors (Lipinski definition) is 3. The minimum Gasteiger partial charge on any atom is -0.480 e. The number of amides is 1. The molecule has 3 N–H and O–H groups in total. The number of aromatic amines is 1. The number of carboxylic acid groups (broad SMARTS) is 1. The van der Waals surface area contributed by atoms with Gasteiger partial charge in [0.1, 0.15) is 0 Å². The first kappa shape index (κ1) is 16.9. The Balaban J connectivity index is 2.93. The summed E-state index contributed by atoms with van der Waals surface area (Å²) in [5, 5.41) is 11.3. The molecule has 1 atom stereocenters. The summed E-state index contributed by atoms with van der Waals surface area (Å²) in [5.74, 6) is -1.49. The number of carbonyl (C=O) groups is 2. The fourth-order valence-corrected chi connectivity index (χ4v) is 1.86. The summed E-state index contributed by atoms with van der Waals surface area (Å²) in [6.45, 7) is 3.83. The van der Waals surface area contributed by atoms with E-state index in [9.17, 15) is 14.4 Å². The van der Waals surface area contributed by atoms with E-state index in [1.165, 1.54) is 7.11 Å². The van der Waals surface area contributed by atoms with Crippen molar-refractivity contribution in [2.24, 2.45) is 5.92 Å². The largest absolute Gasteiger partial charge is 0.480 e. The Morgan fingerprint density at radius 3 is 2.57 bits per heavy atom. The molecule has 7 nitrogen and oxygen atoms in total. The first-order chi connectivity index (χ1) is 9.83. The van der Waals surface area contributed by atoms with Crippen molar-refractivity contribution in [1.82, 2.24) is 10.3 Å². The van der Waals surface area contributed by atoms with Crippen LogP contribution < -0.4 is 10.9 Å². The number of methoxy groups -OCH3 is 1. The Morgan fingerprint density at radius 2 is 2.05 bits per heavy atom. The zero-order valence-electron chi connectivity index (χ0n) is 12.3. The van der Waals surface area contributed by atoms with E-state index in [4.69, 9.17) is 9.84 Å². The van der Waals surface area contributed by atoms with Crippen molar-refractivity contribution < 1.29 is 19.4 Å². The minimum atomic E-state index is -1.20. The van der Waals surface area contributed by atoms with Crippen molar-refractivity contribution in [2.45, 2.75) is 26.3 Å². The van der Waals surface area contributed by atoms with E-state index >= 15 is 0 Å². The number of pyridine rings is 1.